The van der Waals surface area contributed by atoms with Crippen LogP contribution in [-0.2, 0) is 7.05 Å². The molecule has 2 aromatic rings. The Morgan fingerprint density at radius 1 is 1.30 bits per heavy atom. The molecule has 1 aromatic heterocycles. The number of ether oxygens (including phenoxy) is 1. The summed E-state index contributed by atoms with van der Waals surface area (Å²) in [7, 11) is 1.91. The van der Waals surface area contributed by atoms with Gasteiger partial charge in [0.1, 0.15) is 0 Å². The van der Waals surface area contributed by atoms with Crippen molar-refractivity contribution >= 4 is 5.78 Å². The summed E-state index contributed by atoms with van der Waals surface area (Å²) in [5.74, 6) is -0.447. The molecule has 0 saturated heterocycles. The van der Waals surface area contributed by atoms with Crippen LogP contribution >= 0.6 is 0 Å². The summed E-state index contributed by atoms with van der Waals surface area (Å²) < 4.78 is 21.0. The number of aryl methyl sites for hydroxylation is 2. The summed E-state index contributed by atoms with van der Waals surface area (Å²) in [6.07, 6.45) is 0. The molecule has 0 aliphatic heterocycles. The van der Waals surface area contributed by atoms with Gasteiger partial charge in [-0.1, -0.05) is 12.1 Å². The number of hydrogen-bond acceptors (Lipinski definition) is 2. The number of Topliss-reactive ketones (excluding diaryl/α,β-unsaturated/α-hetero) is 1. The first kappa shape index (κ1) is 14.3. The molecule has 4 heteroatoms. The minimum absolute atomic E-state index is 0.114. The van der Waals surface area contributed by atoms with Crippen LogP contribution in [0.1, 0.15) is 27.3 Å². The molecule has 0 fully saturated rings. The minimum Gasteiger partial charge on any atom is -0.482 e. The summed E-state index contributed by atoms with van der Waals surface area (Å²) in [5.41, 5.74) is 3.02. The van der Waals surface area contributed by atoms with Gasteiger partial charge < -0.3 is 9.30 Å². The highest BCUT2D eigenvalue weighted by molar-refractivity contribution is 5.98. The third-order valence-corrected chi connectivity index (χ3v) is 3.59. The molecule has 0 radical (unpaired) electrons. The molecule has 0 amide bonds. The zero-order valence-corrected chi connectivity index (χ0v) is 12.2. The second-order valence-corrected chi connectivity index (χ2v) is 4.94. The molecule has 20 heavy (non-hydrogen) atoms. The maximum absolute atomic E-state index is 13.8. The highest BCUT2D eigenvalue weighted by Crippen LogP contribution is 2.20. The molecule has 0 unspecified atom stereocenters. The van der Waals surface area contributed by atoms with Crippen LogP contribution in [0.5, 0.6) is 5.75 Å². The Morgan fingerprint density at radius 3 is 2.60 bits per heavy atom. The van der Waals surface area contributed by atoms with Crippen molar-refractivity contribution in [3.8, 4) is 5.75 Å². The van der Waals surface area contributed by atoms with Crippen LogP contribution in [0.2, 0.25) is 0 Å². The lowest BCUT2D eigenvalue weighted by atomic mass is 10.1. The lowest BCUT2D eigenvalue weighted by Gasteiger charge is -2.08. The van der Waals surface area contributed by atoms with E-state index < -0.39 is 5.82 Å². The van der Waals surface area contributed by atoms with E-state index in [1.807, 2.05) is 31.5 Å². The molecule has 0 spiro atoms. The number of hydrogen-bond donors (Lipinski definition) is 0. The summed E-state index contributed by atoms with van der Waals surface area (Å²) in [4.78, 5) is 12.1. The first-order valence-corrected chi connectivity index (χ1v) is 6.46. The number of rotatable bonds is 4. The molecule has 1 aromatic carbocycles. The van der Waals surface area contributed by atoms with Gasteiger partial charge in [0.2, 0.25) is 5.78 Å². The van der Waals surface area contributed by atoms with E-state index in [-0.39, 0.29) is 18.1 Å². The third kappa shape index (κ3) is 2.59. The van der Waals surface area contributed by atoms with E-state index in [4.69, 9.17) is 4.74 Å². The molecule has 1 heterocycles. The van der Waals surface area contributed by atoms with Crippen molar-refractivity contribution in [3.05, 3.63) is 52.6 Å². The van der Waals surface area contributed by atoms with Crippen molar-refractivity contribution in [2.75, 3.05) is 6.61 Å². The van der Waals surface area contributed by atoms with Gasteiger partial charge in [-0.15, -0.1) is 0 Å². The topological polar surface area (TPSA) is 31.2 Å². The third-order valence-electron chi connectivity index (χ3n) is 3.59. The van der Waals surface area contributed by atoms with Crippen molar-refractivity contribution in [2.45, 2.75) is 20.8 Å². The van der Waals surface area contributed by atoms with Gasteiger partial charge in [-0.2, -0.15) is 0 Å². The molecule has 2 rings (SSSR count). The Bertz CT molecular complexity index is 659. The number of aromatic nitrogens is 1. The molecule has 106 valence electrons. The monoisotopic (exact) mass is 275 g/mol. The number of nitrogens with zero attached hydrogens (tertiary/aromatic N) is 1. The first-order valence-electron chi connectivity index (χ1n) is 6.46. The van der Waals surface area contributed by atoms with Crippen LogP contribution < -0.4 is 4.74 Å². The Kier molecular flexibility index (Phi) is 3.93. The summed E-state index contributed by atoms with van der Waals surface area (Å²) in [6.45, 7) is 5.32. The maximum atomic E-state index is 13.8. The van der Waals surface area contributed by atoms with Gasteiger partial charge in [0.15, 0.2) is 18.2 Å². The second kappa shape index (κ2) is 5.49. The van der Waals surface area contributed by atoms with Gasteiger partial charge >= 0.3 is 0 Å². The smallest absolute Gasteiger partial charge is 0.202 e. The molecule has 0 bridgehead atoms. The van der Waals surface area contributed by atoms with E-state index in [1.54, 1.807) is 19.1 Å². The van der Waals surface area contributed by atoms with Crippen LogP contribution in [0.25, 0.3) is 0 Å². The number of benzene rings is 1. The zero-order chi connectivity index (χ0) is 14.9. The van der Waals surface area contributed by atoms with Crippen LogP contribution in [0, 0.1) is 26.6 Å². The van der Waals surface area contributed by atoms with Crippen LogP contribution in [-0.4, -0.2) is 17.0 Å². The average molecular weight is 275 g/mol. The first-order chi connectivity index (χ1) is 9.41. The van der Waals surface area contributed by atoms with Crippen molar-refractivity contribution < 1.29 is 13.9 Å². The number of carbonyl (C=O) groups excluding carboxylic acids is 1. The molecule has 3 nitrogen and oxygen atoms in total. The number of ketones is 1. The van der Waals surface area contributed by atoms with Gasteiger partial charge in [0, 0.05) is 24.0 Å². The molecular formula is C16H18FNO2. The Balaban J connectivity index is 2.13. The maximum Gasteiger partial charge on any atom is 0.202 e. The number of carbonyl (C=O) groups is 1. The minimum atomic E-state index is -0.415. The summed E-state index contributed by atoms with van der Waals surface area (Å²) in [5, 5.41) is 0. The van der Waals surface area contributed by atoms with Crippen LogP contribution in [0.3, 0.4) is 0 Å². The van der Waals surface area contributed by atoms with Gasteiger partial charge in [0.05, 0.1) is 0 Å². The lowest BCUT2D eigenvalue weighted by Crippen LogP contribution is -2.13. The van der Waals surface area contributed by atoms with Crippen molar-refractivity contribution in [2.24, 2.45) is 7.05 Å². The molecule has 0 aliphatic rings. The fourth-order valence-corrected chi connectivity index (χ4v) is 2.09. The lowest BCUT2D eigenvalue weighted by molar-refractivity contribution is 0.0918. The van der Waals surface area contributed by atoms with Crippen LogP contribution in [0.15, 0.2) is 24.3 Å². The fourth-order valence-electron chi connectivity index (χ4n) is 2.09. The van der Waals surface area contributed by atoms with Crippen molar-refractivity contribution in [1.82, 2.24) is 4.57 Å². The molecular weight excluding hydrogens is 257 g/mol. The standard InChI is InChI=1S/C16H18FNO2/c1-10-6-5-7-15(16(10)17)20-9-14(19)13-8-11(2)18(4)12(13)3/h5-8H,9H2,1-4H3. The van der Waals surface area contributed by atoms with Crippen LogP contribution in [0.4, 0.5) is 4.39 Å². The highest BCUT2D eigenvalue weighted by atomic mass is 19.1. The van der Waals surface area contributed by atoms with Gasteiger partial charge in [-0.05, 0) is 38.5 Å². The normalized spacial score (nSPS) is 10.7. The van der Waals surface area contributed by atoms with E-state index >= 15 is 0 Å². The van der Waals surface area contributed by atoms with Crippen molar-refractivity contribution in [1.29, 1.82) is 0 Å². The number of halogens is 1. The quantitative estimate of drug-likeness (QED) is 0.801. The highest BCUT2D eigenvalue weighted by Gasteiger charge is 2.15. The fraction of sp³-hybridized carbons (Fsp3) is 0.312. The van der Waals surface area contributed by atoms with Gasteiger partial charge in [0.25, 0.3) is 0 Å². The summed E-state index contributed by atoms with van der Waals surface area (Å²) >= 11 is 0. The Labute approximate surface area is 118 Å². The molecule has 0 saturated carbocycles. The summed E-state index contributed by atoms with van der Waals surface area (Å²) in [6, 6.07) is 6.72. The van der Waals surface area contributed by atoms with E-state index in [0.29, 0.717) is 11.1 Å². The predicted molar refractivity (Wildman–Crippen MR) is 75.8 cm³/mol. The second-order valence-electron chi connectivity index (χ2n) is 4.94. The Hall–Kier alpha value is -2.10. The average Bonchev–Trinajstić information content (AvgIpc) is 2.68. The molecule has 0 aliphatic carbocycles. The molecule has 0 N–H and O–H groups in total. The molecule has 0 atom stereocenters. The Morgan fingerprint density at radius 2 is 2.00 bits per heavy atom. The largest absolute Gasteiger partial charge is 0.482 e. The SMILES string of the molecule is Cc1cccc(OCC(=O)c2cc(C)n(C)c2C)c1F. The zero-order valence-electron chi connectivity index (χ0n) is 12.2. The predicted octanol–water partition coefficient (Wildman–Crippen LogP) is 3.35. The van der Waals surface area contributed by atoms with Gasteiger partial charge in [-0.3, -0.25) is 4.79 Å². The van der Waals surface area contributed by atoms with E-state index in [2.05, 4.69) is 0 Å². The van der Waals surface area contributed by atoms with Crippen molar-refractivity contribution in [3.63, 3.8) is 0 Å². The van der Waals surface area contributed by atoms with E-state index in [1.165, 1.54) is 6.07 Å². The van der Waals surface area contributed by atoms with Gasteiger partial charge in [-0.25, -0.2) is 4.39 Å². The van der Waals surface area contributed by atoms with E-state index in [0.717, 1.165) is 11.4 Å². The van der Waals surface area contributed by atoms with E-state index in [9.17, 15) is 9.18 Å².